The number of ether oxygens (including phenoxy) is 2. The summed E-state index contributed by atoms with van der Waals surface area (Å²) in [6, 6.07) is 8.58. The van der Waals surface area contributed by atoms with Gasteiger partial charge in [-0.05, 0) is 62.0 Å². The maximum atomic E-state index is 14.4. The Balaban J connectivity index is 1.47. The number of carboxylic acid groups (broad SMARTS) is 1. The summed E-state index contributed by atoms with van der Waals surface area (Å²) in [7, 11) is 0. The normalized spacial score (nSPS) is 29.2. The van der Waals surface area contributed by atoms with Gasteiger partial charge in [0, 0.05) is 25.9 Å². The summed E-state index contributed by atoms with van der Waals surface area (Å²) in [4.78, 5) is 10.7. The molecule has 168 valence electrons. The lowest BCUT2D eigenvalue weighted by atomic mass is 9.83. The van der Waals surface area contributed by atoms with Gasteiger partial charge in [0.15, 0.2) is 6.61 Å². The second-order valence-electron chi connectivity index (χ2n) is 8.73. The van der Waals surface area contributed by atoms with E-state index in [9.17, 15) is 18.7 Å². The first-order valence-electron chi connectivity index (χ1n) is 10.9. The fourth-order valence-electron chi connectivity index (χ4n) is 4.84. The average Bonchev–Trinajstić information content (AvgIpc) is 2.88. The Kier molecular flexibility index (Phi) is 8.06. The predicted octanol–water partition coefficient (Wildman–Crippen LogP) is 4.53. The lowest BCUT2D eigenvalue weighted by Gasteiger charge is -2.25. The van der Waals surface area contributed by atoms with Gasteiger partial charge in [-0.3, -0.25) is 4.79 Å². The first-order valence-corrected chi connectivity index (χ1v) is 10.9. The standard InChI is InChI=1S/C23H32F2O5/c24-23(25,15-30-17-6-2-1-3-7-17)12-11-18-19-10-9-16(5-4-8-22(27)28)14-29-21(19)13-20(18)26/h1-3,6-7,16,18-21,26H,4-5,8-15H2,(H,27,28)/t16-,18+,19+,20+,21-/m0/s1. The van der Waals surface area contributed by atoms with Crippen molar-refractivity contribution < 1.29 is 33.3 Å². The number of aliphatic carboxylic acids is 1. The van der Waals surface area contributed by atoms with Crippen molar-refractivity contribution in [1.29, 1.82) is 0 Å². The van der Waals surface area contributed by atoms with Crippen LogP contribution in [0.15, 0.2) is 30.3 Å². The van der Waals surface area contributed by atoms with Crippen LogP contribution in [0.25, 0.3) is 0 Å². The summed E-state index contributed by atoms with van der Waals surface area (Å²) in [5, 5.41) is 19.3. The summed E-state index contributed by atoms with van der Waals surface area (Å²) < 4.78 is 40.0. The van der Waals surface area contributed by atoms with Crippen LogP contribution in [0, 0.1) is 17.8 Å². The van der Waals surface area contributed by atoms with Gasteiger partial charge in [0.05, 0.1) is 12.2 Å². The van der Waals surface area contributed by atoms with E-state index in [0.29, 0.717) is 31.1 Å². The fourth-order valence-corrected chi connectivity index (χ4v) is 4.84. The third-order valence-corrected chi connectivity index (χ3v) is 6.49. The van der Waals surface area contributed by atoms with Gasteiger partial charge in [-0.25, -0.2) is 8.78 Å². The van der Waals surface area contributed by atoms with Crippen molar-refractivity contribution in [2.24, 2.45) is 17.8 Å². The van der Waals surface area contributed by atoms with E-state index < -0.39 is 24.6 Å². The molecule has 1 saturated heterocycles. The second-order valence-corrected chi connectivity index (χ2v) is 8.73. The number of fused-ring (bicyclic) bond motifs is 1. The molecule has 5 atom stereocenters. The highest BCUT2D eigenvalue weighted by atomic mass is 19.3. The molecule has 5 nitrogen and oxygen atoms in total. The number of alkyl halides is 2. The first-order chi connectivity index (χ1) is 14.3. The van der Waals surface area contributed by atoms with Crippen LogP contribution < -0.4 is 4.74 Å². The van der Waals surface area contributed by atoms with Crippen LogP contribution in [-0.2, 0) is 9.53 Å². The monoisotopic (exact) mass is 426 g/mol. The van der Waals surface area contributed by atoms with Gasteiger partial charge in [0.25, 0.3) is 5.92 Å². The number of hydrogen-bond donors (Lipinski definition) is 2. The van der Waals surface area contributed by atoms with Crippen LogP contribution >= 0.6 is 0 Å². The molecule has 2 fully saturated rings. The minimum absolute atomic E-state index is 0.0790. The van der Waals surface area contributed by atoms with Crippen molar-refractivity contribution in [3.8, 4) is 5.75 Å². The Morgan fingerprint density at radius 1 is 1.20 bits per heavy atom. The summed E-state index contributed by atoms with van der Waals surface area (Å²) >= 11 is 0. The molecule has 2 N–H and O–H groups in total. The minimum atomic E-state index is -2.96. The van der Waals surface area contributed by atoms with E-state index >= 15 is 0 Å². The molecule has 2 aliphatic rings. The molecule has 0 aromatic heterocycles. The minimum Gasteiger partial charge on any atom is -0.487 e. The van der Waals surface area contributed by atoms with E-state index in [1.165, 1.54) is 0 Å². The predicted molar refractivity (Wildman–Crippen MR) is 108 cm³/mol. The van der Waals surface area contributed by atoms with Crippen molar-refractivity contribution in [2.45, 2.75) is 69.5 Å². The average molecular weight is 427 g/mol. The van der Waals surface area contributed by atoms with Crippen LogP contribution in [0.2, 0.25) is 0 Å². The molecule has 1 aromatic carbocycles. The van der Waals surface area contributed by atoms with Crippen molar-refractivity contribution >= 4 is 5.97 Å². The fraction of sp³-hybridized carbons (Fsp3) is 0.696. The van der Waals surface area contributed by atoms with Crippen LogP contribution in [0.4, 0.5) is 8.78 Å². The van der Waals surface area contributed by atoms with E-state index in [1.54, 1.807) is 30.3 Å². The zero-order valence-corrected chi connectivity index (χ0v) is 17.2. The Labute approximate surface area is 176 Å². The Morgan fingerprint density at radius 3 is 2.70 bits per heavy atom. The molecule has 1 aliphatic heterocycles. The third-order valence-electron chi connectivity index (χ3n) is 6.49. The number of aliphatic hydroxyl groups is 1. The lowest BCUT2D eigenvalue weighted by Crippen LogP contribution is -2.29. The van der Waals surface area contributed by atoms with Crippen LogP contribution in [0.5, 0.6) is 5.75 Å². The van der Waals surface area contributed by atoms with Gasteiger partial charge in [-0.1, -0.05) is 18.2 Å². The molecule has 1 aliphatic carbocycles. The molecular weight excluding hydrogens is 394 g/mol. The highest BCUT2D eigenvalue weighted by Crippen LogP contribution is 2.44. The molecule has 0 amide bonds. The summed E-state index contributed by atoms with van der Waals surface area (Å²) in [6.07, 6.45) is 2.99. The molecule has 1 heterocycles. The number of halogens is 2. The number of carboxylic acids is 1. The van der Waals surface area contributed by atoms with Crippen molar-refractivity contribution in [2.75, 3.05) is 13.2 Å². The molecule has 1 saturated carbocycles. The maximum Gasteiger partial charge on any atom is 0.303 e. The SMILES string of the molecule is O=C(O)CCC[C@H]1CC[C@@H]2[C@@H](CCC(F)(F)COc3ccccc3)[C@H](O)C[C@@H]2OC1. The number of para-hydroxylation sites is 1. The number of rotatable bonds is 10. The molecular formula is C23H32F2O5. The zero-order valence-electron chi connectivity index (χ0n) is 17.2. The van der Waals surface area contributed by atoms with E-state index in [2.05, 4.69) is 0 Å². The topological polar surface area (TPSA) is 76.0 Å². The molecule has 30 heavy (non-hydrogen) atoms. The number of carbonyl (C=O) groups is 1. The molecule has 0 bridgehead atoms. The number of aliphatic hydroxyl groups excluding tert-OH is 1. The van der Waals surface area contributed by atoms with Gasteiger partial charge >= 0.3 is 5.97 Å². The van der Waals surface area contributed by atoms with Gasteiger partial charge in [-0.15, -0.1) is 0 Å². The Hall–Kier alpha value is -1.73. The van der Waals surface area contributed by atoms with Gasteiger partial charge in [0.1, 0.15) is 5.75 Å². The summed E-state index contributed by atoms with van der Waals surface area (Å²) in [5.74, 6) is -3.15. The Bertz CT molecular complexity index is 669. The smallest absolute Gasteiger partial charge is 0.303 e. The molecule has 3 rings (SSSR count). The van der Waals surface area contributed by atoms with Crippen molar-refractivity contribution in [1.82, 2.24) is 0 Å². The molecule has 1 aromatic rings. The van der Waals surface area contributed by atoms with Gasteiger partial charge in [-0.2, -0.15) is 0 Å². The molecule has 0 radical (unpaired) electrons. The second kappa shape index (κ2) is 10.5. The van der Waals surface area contributed by atoms with E-state index in [1.807, 2.05) is 0 Å². The van der Waals surface area contributed by atoms with Crippen molar-refractivity contribution in [3.05, 3.63) is 30.3 Å². The van der Waals surface area contributed by atoms with Gasteiger partial charge in [0.2, 0.25) is 0 Å². The van der Waals surface area contributed by atoms with Crippen molar-refractivity contribution in [3.63, 3.8) is 0 Å². The number of hydrogen-bond acceptors (Lipinski definition) is 4. The van der Waals surface area contributed by atoms with E-state index in [4.69, 9.17) is 14.6 Å². The zero-order chi connectivity index (χ0) is 21.6. The highest BCUT2D eigenvalue weighted by molar-refractivity contribution is 5.66. The first kappa shape index (κ1) is 22.9. The van der Waals surface area contributed by atoms with Crippen LogP contribution in [0.3, 0.4) is 0 Å². The quantitative estimate of drug-likeness (QED) is 0.575. The molecule has 0 unspecified atom stereocenters. The molecule has 7 heteroatoms. The third kappa shape index (κ3) is 6.64. The van der Waals surface area contributed by atoms with Gasteiger partial charge < -0.3 is 19.7 Å². The van der Waals surface area contributed by atoms with E-state index in [-0.39, 0.29) is 37.2 Å². The Morgan fingerprint density at radius 2 is 1.97 bits per heavy atom. The maximum absolute atomic E-state index is 14.4. The number of benzene rings is 1. The molecule has 0 spiro atoms. The highest BCUT2D eigenvalue weighted by Gasteiger charge is 2.45. The van der Waals surface area contributed by atoms with Crippen LogP contribution in [0.1, 0.15) is 51.4 Å². The summed E-state index contributed by atoms with van der Waals surface area (Å²) in [5.41, 5.74) is 0. The van der Waals surface area contributed by atoms with E-state index in [0.717, 1.165) is 19.3 Å². The summed E-state index contributed by atoms with van der Waals surface area (Å²) in [6.45, 7) is -0.114. The largest absolute Gasteiger partial charge is 0.487 e. The van der Waals surface area contributed by atoms with Crippen LogP contribution in [-0.4, -0.2) is 47.5 Å². The lowest BCUT2D eigenvalue weighted by molar-refractivity contribution is -0.137.